The molecule has 3 atom stereocenters. The van der Waals surface area contributed by atoms with E-state index in [1.807, 2.05) is 0 Å². The Morgan fingerprint density at radius 3 is 2.73 bits per heavy atom. The molecule has 0 aliphatic heterocycles. The molecule has 0 aromatic heterocycles. The molecule has 3 unspecified atom stereocenters. The summed E-state index contributed by atoms with van der Waals surface area (Å²) in [5.41, 5.74) is 8.89. The first-order chi connectivity index (χ1) is 7.16. The largest absolute Gasteiger partial charge is 0.327 e. The number of aryl methyl sites for hydroxylation is 1. The summed E-state index contributed by atoms with van der Waals surface area (Å²) in [7, 11) is 0. The molecule has 0 radical (unpaired) electrons. The van der Waals surface area contributed by atoms with Gasteiger partial charge < -0.3 is 5.73 Å². The molecule has 2 rings (SSSR count). The van der Waals surface area contributed by atoms with E-state index >= 15 is 0 Å². The van der Waals surface area contributed by atoms with Crippen LogP contribution in [0.2, 0.25) is 0 Å². The van der Waals surface area contributed by atoms with Gasteiger partial charge in [-0.2, -0.15) is 0 Å². The molecule has 82 valence electrons. The van der Waals surface area contributed by atoms with E-state index in [1.54, 1.807) is 0 Å². The number of rotatable bonds is 2. The van der Waals surface area contributed by atoms with Crippen LogP contribution >= 0.6 is 0 Å². The molecule has 0 saturated heterocycles. The van der Waals surface area contributed by atoms with Gasteiger partial charge in [0.2, 0.25) is 0 Å². The lowest BCUT2D eigenvalue weighted by molar-refractivity contribution is 0.390. The summed E-state index contributed by atoms with van der Waals surface area (Å²) < 4.78 is 0. The third-order valence-corrected chi connectivity index (χ3v) is 3.87. The summed E-state index contributed by atoms with van der Waals surface area (Å²) in [6, 6.07) is 9.29. The molecule has 0 bridgehead atoms. The zero-order valence-corrected chi connectivity index (χ0v) is 9.74. The molecular formula is C14H21N. The van der Waals surface area contributed by atoms with Crippen LogP contribution in [0.1, 0.15) is 30.9 Å². The molecule has 1 fully saturated rings. The first-order valence-corrected chi connectivity index (χ1v) is 5.98. The van der Waals surface area contributed by atoms with E-state index < -0.39 is 0 Å². The van der Waals surface area contributed by atoms with Crippen molar-refractivity contribution in [3.63, 3.8) is 0 Å². The lowest BCUT2D eigenvalue weighted by Gasteiger charge is -2.18. The van der Waals surface area contributed by atoms with Gasteiger partial charge in [0.05, 0.1) is 0 Å². The van der Waals surface area contributed by atoms with Gasteiger partial charge in [-0.1, -0.05) is 36.8 Å². The van der Waals surface area contributed by atoms with E-state index in [0.29, 0.717) is 12.0 Å². The van der Waals surface area contributed by atoms with Crippen molar-refractivity contribution in [1.82, 2.24) is 0 Å². The minimum absolute atomic E-state index is 0.430. The predicted molar refractivity (Wildman–Crippen MR) is 64.7 cm³/mol. The normalized spacial score (nSPS) is 30.7. The van der Waals surface area contributed by atoms with Crippen LogP contribution in [0.15, 0.2) is 24.3 Å². The van der Waals surface area contributed by atoms with Crippen LogP contribution < -0.4 is 5.73 Å². The van der Waals surface area contributed by atoms with E-state index in [-0.39, 0.29) is 0 Å². The van der Waals surface area contributed by atoms with Crippen molar-refractivity contribution in [3.8, 4) is 0 Å². The third kappa shape index (κ3) is 2.40. The Balaban J connectivity index is 2.03. The van der Waals surface area contributed by atoms with Crippen LogP contribution in [0, 0.1) is 18.8 Å². The van der Waals surface area contributed by atoms with Crippen LogP contribution in [0.3, 0.4) is 0 Å². The highest BCUT2D eigenvalue weighted by atomic mass is 14.7. The fourth-order valence-electron chi connectivity index (χ4n) is 2.71. The fourth-order valence-corrected chi connectivity index (χ4v) is 2.71. The first kappa shape index (κ1) is 10.7. The second-order valence-electron chi connectivity index (χ2n) is 5.05. The van der Waals surface area contributed by atoms with Crippen LogP contribution in [0.4, 0.5) is 0 Å². The molecule has 15 heavy (non-hydrogen) atoms. The number of benzene rings is 1. The Bertz CT molecular complexity index is 332. The smallest absolute Gasteiger partial charge is 0.00673 e. The summed E-state index contributed by atoms with van der Waals surface area (Å²) in [5, 5.41) is 0. The Hall–Kier alpha value is -0.820. The Labute approximate surface area is 92.7 Å². The minimum Gasteiger partial charge on any atom is -0.327 e. The van der Waals surface area contributed by atoms with Crippen LogP contribution in [0.5, 0.6) is 0 Å². The van der Waals surface area contributed by atoms with Crippen LogP contribution in [-0.2, 0) is 6.42 Å². The van der Waals surface area contributed by atoms with Gasteiger partial charge in [0.15, 0.2) is 0 Å². The lowest BCUT2D eigenvalue weighted by Crippen LogP contribution is -2.25. The van der Waals surface area contributed by atoms with Gasteiger partial charge in [-0.3, -0.25) is 0 Å². The van der Waals surface area contributed by atoms with Gasteiger partial charge in [-0.15, -0.1) is 0 Å². The van der Waals surface area contributed by atoms with Crippen molar-refractivity contribution in [3.05, 3.63) is 35.4 Å². The van der Waals surface area contributed by atoms with E-state index in [1.165, 1.54) is 30.4 Å². The first-order valence-electron chi connectivity index (χ1n) is 5.98. The second kappa shape index (κ2) is 4.36. The van der Waals surface area contributed by atoms with Crippen molar-refractivity contribution in [1.29, 1.82) is 0 Å². The minimum atomic E-state index is 0.430. The summed E-state index contributed by atoms with van der Waals surface area (Å²) >= 11 is 0. The Morgan fingerprint density at radius 2 is 2.13 bits per heavy atom. The highest BCUT2D eigenvalue weighted by Crippen LogP contribution is 2.33. The maximum absolute atomic E-state index is 6.05. The van der Waals surface area contributed by atoms with Crippen molar-refractivity contribution in [2.24, 2.45) is 17.6 Å². The fraction of sp³-hybridized carbons (Fsp3) is 0.571. The lowest BCUT2D eigenvalue weighted by atomic mass is 9.89. The average molecular weight is 203 g/mol. The monoisotopic (exact) mass is 203 g/mol. The molecule has 1 aliphatic carbocycles. The van der Waals surface area contributed by atoms with Crippen LogP contribution in [-0.4, -0.2) is 6.04 Å². The zero-order valence-electron chi connectivity index (χ0n) is 9.74. The maximum atomic E-state index is 6.05. The molecule has 2 N–H and O–H groups in total. The summed E-state index contributed by atoms with van der Waals surface area (Å²) in [4.78, 5) is 0. The molecule has 1 aromatic rings. The molecule has 0 spiro atoms. The Kier molecular flexibility index (Phi) is 3.11. The molecule has 1 heteroatoms. The summed E-state index contributed by atoms with van der Waals surface area (Å²) in [6.07, 6.45) is 3.71. The number of nitrogens with two attached hydrogens (primary N) is 1. The van der Waals surface area contributed by atoms with E-state index in [9.17, 15) is 0 Å². The molecule has 0 amide bonds. The van der Waals surface area contributed by atoms with Gasteiger partial charge in [0, 0.05) is 6.04 Å². The van der Waals surface area contributed by atoms with Crippen molar-refractivity contribution in [2.45, 2.75) is 39.2 Å². The van der Waals surface area contributed by atoms with Crippen molar-refractivity contribution in [2.75, 3.05) is 0 Å². The molecular weight excluding hydrogens is 182 g/mol. The molecule has 1 aromatic carbocycles. The SMILES string of the molecule is Cc1cccc(CC2CCC(N)C2C)c1. The zero-order chi connectivity index (χ0) is 10.8. The Morgan fingerprint density at radius 1 is 1.33 bits per heavy atom. The summed E-state index contributed by atoms with van der Waals surface area (Å²) in [6.45, 7) is 4.46. The van der Waals surface area contributed by atoms with E-state index in [4.69, 9.17) is 5.73 Å². The molecule has 1 aliphatic rings. The number of hydrogen-bond acceptors (Lipinski definition) is 1. The van der Waals surface area contributed by atoms with Gasteiger partial charge in [-0.25, -0.2) is 0 Å². The van der Waals surface area contributed by atoms with Crippen molar-refractivity contribution >= 4 is 0 Å². The molecule has 0 heterocycles. The number of hydrogen-bond donors (Lipinski definition) is 1. The average Bonchev–Trinajstić information content (AvgIpc) is 2.50. The molecule has 1 saturated carbocycles. The quantitative estimate of drug-likeness (QED) is 0.786. The van der Waals surface area contributed by atoms with Crippen LogP contribution in [0.25, 0.3) is 0 Å². The van der Waals surface area contributed by atoms with Crippen molar-refractivity contribution < 1.29 is 0 Å². The van der Waals surface area contributed by atoms with E-state index in [2.05, 4.69) is 38.1 Å². The van der Waals surface area contributed by atoms with Gasteiger partial charge in [0.25, 0.3) is 0 Å². The third-order valence-electron chi connectivity index (χ3n) is 3.87. The second-order valence-corrected chi connectivity index (χ2v) is 5.05. The highest BCUT2D eigenvalue weighted by Gasteiger charge is 2.29. The topological polar surface area (TPSA) is 26.0 Å². The maximum Gasteiger partial charge on any atom is 0.00673 e. The molecule has 1 nitrogen and oxygen atoms in total. The summed E-state index contributed by atoms with van der Waals surface area (Å²) in [5.74, 6) is 1.48. The van der Waals surface area contributed by atoms with Gasteiger partial charge >= 0.3 is 0 Å². The standard InChI is InChI=1S/C14H21N/c1-10-4-3-5-12(8-10)9-13-6-7-14(15)11(13)2/h3-5,8,11,13-14H,6-7,9,15H2,1-2H3. The van der Waals surface area contributed by atoms with Gasteiger partial charge in [-0.05, 0) is 43.6 Å². The van der Waals surface area contributed by atoms with Gasteiger partial charge in [0.1, 0.15) is 0 Å². The van der Waals surface area contributed by atoms with E-state index in [0.717, 1.165) is 5.92 Å². The predicted octanol–water partition coefficient (Wildman–Crippen LogP) is 2.91. The highest BCUT2D eigenvalue weighted by molar-refractivity contribution is 5.22.